The Kier molecular flexibility index (Phi) is 3.07. The molecule has 0 aliphatic carbocycles. The Hall–Kier alpha value is -1.90. The number of hydrogen-bond donors (Lipinski definition) is 0. The molecule has 1 aliphatic rings. The van der Waals surface area contributed by atoms with Gasteiger partial charge in [-0.3, -0.25) is 4.79 Å². The van der Waals surface area contributed by atoms with Gasteiger partial charge in [0, 0.05) is 5.57 Å². The second kappa shape index (κ2) is 4.41. The summed E-state index contributed by atoms with van der Waals surface area (Å²) in [6.45, 7) is 6.44. The lowest BCUT2D eigenvalue weighted by molar-refractivity contribution is -0.151. The number of carbonyl (C=O) groups excluding carboxylic acids is 2. The van der Waals surface area contributed by atoms with Crippen molar-refractivity contribution in [3.63, 3.8) is 0 Å². The zero-order chi connectivity index (χ0) is 13.3. The Bertz CT molecular complexity index is 516. The summed E-state index contributed by atoms with van der Waals surface area (Å²) in [6.07, 6.45) is 1.78. The van der Waals surface area contributed by atoms with Crippen LogP contribution in [0.15, 0.2) is 29.8 Å². The Labute approximate surface area is 106 Å². The fourth-order valence-corrected chi connectivity index (χ4v) is 1.82. The van der Waals surface area contributed by atoms with E-state index >= 15 is 0 Å². The Morgan fingerprint density at radius 1 is 1.11 bits per heavy atom. The summed E-state index contributed by atoms with van der Waals surface area (Å²) in [5, 5.41) is 0. The van der Waals surface area contributed by atoms with Crippen LogP contribution in [0, 0.1) is 0 Å². The minimum atomic E-state index is -0.528. The van der Waals surface area contributed by atoms with Crippen LogP contribution in [0.3, 0.4) is 0 Å². The molecular weight excluding hydrogens is 228 g/mol. The van der Waals surface area contributed by atoms with E-state index in [1.165, 1.54) is 5.56 Å². The van der Waals surface area contributed by atoms with Gasteiger partial charge in [-0.15, -0.1) is 0 Å². The number of cyclic esters (lactones) is 2. The van der Waals surface area contributed by atoms with Crippen LogP contribution in [0.25, 0.3) is 6.08 Å². The minimum absolute atomic E-state index is 0.0693. The average molecular weight is 244 g/mol. The molecule has 0 atom stereocenters. The highest BCUT2D eigenvalue weighted by Gasteiger charge is 2.26. The number of benzene rings is 1. The average Bonchev–Trinajstić information content (AvgIpc) is 2.57. The van der Waals surface area contributed by atoms with E-state index in [0.29, 0.717) is 5.57 Å². The van der Waals surface area contributed by atoms with Crippen molar-refractivity contribution in [1.82, 2.24) is 0 Å². The largest absolute Gasteiger partial charge is 0.389 e. The second-order valence-corrected chi connectivity index (χ2v) is 5.48. The lowest BCUT2D eigenvalue weighted by atomic mass is 9.86. The van der Waals surface area contributed by atoms with Crippen molar-refractivity contribution >= 4 is 18.0 Å². The molecule has 0 saturated carbocycles. The van der Waals surface area contributed by atoms with E-state index in [2.05, 4.69) is 25.5 Å². The van der Waals surface area contributed by atoms with E-state index in [-0.39, 0.29) is 11.8 Å². The molecule has 1 saturated heterocycles. The van der Waals surface area contributed by atoms with Gasteiger partial charge in [-0.25, -0.2) is 4.79 Å². The van der Waals surface area contributed by atoms with E-state index in [9.17, 15) is 9.59 Å². The summed E-state index contributed by atoms with van der Waals surface area (Å²) in [5.41, 5.74) is 2.66. The van der Waals surface area contributed by atoms with Crippen molar-refractivity contribution in [2.45, 2.75) is 32.6 Å². The van der Waals surface area contributed by atoms with Crippen molar-refractivity contribution in [2.75, 3.05) is 0 Å². The molecule has 3 nitrogen and oxygen atoms in total. The van der Waals surface area contributed by atoms with Crippen LogP contribution in [-0.4, -0.2) is 11.9 Å². The maximum Gasteiger partial charge on any atom is 0.342 e. The minimum Gasteiger partial charge on any atom is -0.389 e. The highest BCUT2D eigenvalue weighted by atomic mass is 16.6. The van der Waals surface area contributed by atoms with Crippen molar-refractivity contribution in [1.29, 1.82) is 0 Å². The third-order valence-corrected chi connectivity index (χ3v) is 2.92. The van der Waals surface area contributed by atoms with Gasteiger partial charge in [-0.05, 0) is 22.6 Å². The zero-order valence-corrected chi connectivity index (χ0v) is 10.8. The van der Waals surface area contributed by atoms with Gasteiger partial charge in [0.15, 0.2) is 0 Å². The number of esters is 2. The normalized spacial score (nSPS) is 18.3. The van der Waals surface area contributed by atoms with Gasteiger partial charge < -0.3 is 4.74 Å². The lowest BCUT2D eigenvalue weighted by Gasteiger charge is -2.18. The molecule has 0 amide bonds. The number of carbonyl (C=O) groups is 2. The second-order valence-electron chi connectivity index (χ2n) is 5.48. The number of hydrogen-bond acceptors (Lipinski definition) is 3. The first-order chi connectivity index (χ1) is 8.36. The molecule has 1 aromatic rings. The van der Waals surface area contributed by atoms with Gasteiger partial charge in [-0.1, -0.05) is 45.0 Å². The van der Waals surface area contributed by atoms with E-state index in [1.807, 2.05) is 24.3 Å². The Morgan fingerprint density at radius 3 is 2.17 bits per heavy atom. The topological polar surface area (TPSA) is 43.4 Å². The van der Waals surface area contributed by atoms with E-state index < -0.39 is 11.9 Å². The first kappa shape index (κ1) is 12.6. The molecule has 0 bridgehead atoms. The Balaban J connectivity index is 2.24. The van der Waals surface area contributed by atoms with E-state index in [0.717, 1.165) is 5.56 Å². The van der Waals surface area contributed by atoms with Gasteiger partial charge >= 0.3 is 11.9 Å². The number of ether oxygens (including phenoxy) is 1. The summed E-state index contributed by atoms with van der Waals surface area (Å²) < 4.78 is 4.48. The molecule has 18 heavy (non-hydrogen) atoms. The van der Waals surface area contributed by atoms with Crippen LogP contribution in [0.2, 0.25) is 0 Å². The van der Waals surface area contributed by atoms with Gasteiger partial charge in [0.2, 0.25) is 0 Å². The van der Waals surface area contributed by atoms with Gasteiger partial charge in [0.05, 0.1) is 6.42 Å². The van der Waals surface area contributed by atoms with Crippen molar-refractivity contribution in [2.24, 2.45) is 0 Å². The molecule has 94 valence electrons. The van der Waals surface area contributed by atoms with Crippen molar-refractivity contribution in [3.8, 4) is 0 Å². The molecule has 2 rings (SSSR count). The SMILES string of the molecule is CC(C)(C)c1ccc(/C=C2\CC(=O)OC2=O)cc1. The predicted molar refractivity (Wildman–Crippen MR) is 68.8 cm³/mol. The summed E-state index contributed by atoms with van der Waals surface area (Å²) in [4.78, 5) is 22.3. The third-order valence-electron chi connectivity index (χ3n) is 2.92. The predicted octanol–water partition coefficient (Wildman–Crippen LogP) is 2.84. The standard InChI is InChI=1S/C15H16O3/c1-15(2,3)12-6-4-10(5-7-12)8-11-9-13(16)18-14(11)17/h4-8H,9H2,1-3H3/b11-8+. The molecule has 0 aromatic heterocycles. The van der Waals surface area contributed by atoms with Gasteiger partial charge in [0.1, 0.15) is 0 Å². The molecule has 1 aromatic carbocycles. The fraction of sp³-hybridized carbons (Fsp3) is 0.333. The first-order valence-electron chi connectivity index (χ1n) is 5.92. The van der Waals surface area contributed by atoms with E-state index in [1.54, 1.807) is 6.08 Å². The molecule has 3 heteroatoms. The van der Waals surface area contributed by atoms with Crippen LogP contribution < -0.4 is 0 Å². The van der Waals surface area contributed by atoms with Crippen LogP contribution in [0.1, 0.15) is 38.3 Å². The van der Waals surface area contributed by atoms with Crippen LogP contribution in [0.5, 0.6) is 0 Å². The highest BCUT2D eigenvalue weighted by Crippen LogP contribution is 2.24. The molecular formula is C15H16O3. The van der Waals surface area contributed by atoms with Crippen molar-refractivity contribution in [3.05, 3.63) is 41.0 Å². The summed E-state index contributed by atoms with van der Waals surface area (Å²) in [6, 6.07) is 7.97. The maximum absolute atomic E-state index is 11.3. The smallest absolute Gasteiger partial charge is 0.342 e. The quantitative estimate of drug-likeness (QED) is 0.433. The molecule has 0 unspecified atom stereocenters. The zero-order valence-electron chi connectivity index (χ0n) is 10.8. The van der Waals surface area contributed by atoms with Gasteiger partial charge in [0.25, 0.3) is 0 Å². The highest BCUT2D eigenvalue weighted by molar-refractivity contribution is 6.08. The third kappa shape index (κ3) is 2.67. The molecule has 0 radical (unpaired) electrons. The van der Waals surface area contributed by atoms with Crippen LogP contribution >= 0.6 is 0 Å². The number of rotatable bonds is 1. The van der Waals surface area contributed by atoms with E-state index in [4.69, 9.17) is 0 Å². The first-order valence-corrected chi connectivity index (χ1v) is 5.92. The molecule has 1 heterocycles. The summed E-state index contributed by atoms with van der Waals surface area (Å²) in [7, 11) is 0. The summed E-state index contributed by atoms with van der Waals surface area (Å²) >= 11 is 0. The maximum atomic E-state index is 11.3. The van der Waals surface area contributed by atoms with Crippen molar-refractivity contribution < 1.29 is 14.3 Å². The summed E-state index contributed by atoms with van der Waals surface area (Å²) in [5.74, 6) is -1.00. The Morgan fingerprint density at radius 2 is 1.72 bits per heavy atom. The molecule has 0 spiro atoms. The van der Waals surface area contributed by atoms with Crippen LogP contribution in [0.4, 0.5) is 0 Å². The van der Waals surface area contributed by atoms with Crippen LogP contribution in [-0.2, 0) is 19.7 Å². The fourth-order valence-electron chi connectivity index (χ4n) is 1.82. The van der Waals surface area contributed by atoms with Gasteiger partial charge in [-0.2, -0.15) is 0 Å². The molecule has 1 aliphatic heterocycles. The molecule has 1 fully saturated rings. The molecule has 0 N–H and O–H groups in total. The monoisotopic (exact) mass is 244 g/mol. The lowest BCUT2D eigenvalue weighted by Crippen LogP contribution is -2.10.